The number of carbonyl (C=O) groups excluding carboxylic acids is 3. The first-order valence-corrected chi connectivity index (χ1v) is 42.3. The zero-order chi connectivity index (χ0) is 81.4. The number of ether oxygens (including phenoxy) is 2. The first-order chi connectivity index (χ1) is 53.1. The van der Waals surface area contributed by atoms with E-state index in [1.165, 1.54) is 29.5 Å². The minimum atomic E-state index is -0.839. The molecule has 3 saturated carbocycles. The number of hydrogen-bond donors (Lipinski definition) is 10. The Morgan fingerprint density at radius 1 is 0.482 bits per heavy atom. The Hall–Kier alpha value is -1.59. The molecule has 3 aromatic carbocycles. The molecular weight excluding hydrogens is 1820 g/mol. The van der Waals surface area contributed by atoms with Crippen LogP contribution in [0.1, 0.15) is 218 Å². The molecule has 0 spiro atoms. The van der Waals surface area contributed by atoms with Crippen LogP contribution < -0.4 is 108 Å². The van der Waals surface area contributed by atoms with Crippen LogP contribution in [0.2, 0.25) is 0 Å². The van der Waals surface area contributed by atoms with Crippen LogP contribution in [-0.4, -0.2) is 171 Å². The van der Waals surface area contributed by atoms with Crippen molar-refractivity contribution < 1.29 is 226 Å². The summed E-state index contributed by atoms with van der Waals surface area (Å²) >= 11 is 10.0. The average molecular weight is 1950 g/mol. The molecular formula is C83H130AgBr3K2N2O23-. The Balaban J connectivity index is -0.000000479. The molecule has 0 saturated heterocycles. The van der Waals surface area contributed by atoms with Crippen LogP contribution in [0.15, 0.2) is 133 Å². The molecule has 31 heteroatoms. The molecule has 1 radical (unpaired) electrons. The molecule has 10 N–H and O–H groups in total. The number of aliphatic carboxylic acids is 1. The Kier molecular flexibility index (Phi) is 83.2. The second-order valence-corrected chi connectivity index (χ2v) is 30.4. The van der Waals surface area contributed by atoms with E-state index in [9.17, 15) is 70.5 Å². The third-order valence-electron chi connectivity index (χ3n) is 19.7. The van der Waals surface area contributed by atoms with Gasteiger partial charge < -0.3 is 87.1 Å². The fourth-order valence-corrected chi connectivity index (χ4v) is 14.9. The molecule has 3 fully saturated rings. The molecule has 0 heterocycles. The molecule has 0 bridgehead atoms. The second kappa shape index (κ2) is 79.9. The summed E-state index contributed by atoms with van der Waals surface area (Å²) in [6, 6.07) is 30.3. The maximum absolute atomic E-state index is 11.7. The summed E-state index contributed by atoms with van der Waals surface area (Å²) < 4.78 is 10.3. The van der Waals surface area contributed by atoms with Gasteiger partial charge in [0, 0.05) is 57.6 Å². The number of esters is 2. The Bertz CT molecular complexity index is 2890. The predicted octanol–water partition coefficient (Wildman–Crippen LogP) is 8.03. The van der Waals surface area contributed by atoms with Crippen molar-refractivity contribution in [3.63, 3.8) is 0 Å². The van der Waals surface area contributed by atoms with Crippen molar-refractivity contribution in [2.75, 3.05) is 35.8 Å². The van der Waals surface area contributed by atoms with Crippen LogP contribution in [-0.2, 0) is 80.0 Å². The molecule has 0 unspecified atom stereocenters. The topological polar surface area (TPSA) is 426 Å². The number of alkyl halides is 3. The van der Waals surface area contributed by atoms with Gasteiger partial charge in [0.25, 0.3) is 11.6 Å². The smallest absolute Gasteiger partial charge is 1.00 e. The van der Waals surface area contributed by atoms with Crippen LogP contribution >= 0.6 is 47.8 Å². The van der Waals surface area contributed by atoms with Gasteiger partial charge >= 0.3 is 121 Å². The number of aliphatic hydroxyl groups is 9. The second-order valence-electron chi connectivity index (χ2n) is 28.0. The Morgan fingerprint density at radius 3 is 1.04 bits per heavy atom. The first-order valence-electron chi connectivity index (χ1n) is 38.9. The van der Waals surface area contributed by atoms with Crippen molar-refractivity contribution in [3.8, 4) is 0 Å². The standard InChI is InChI=1S/C27H41BrO5.C27H41NO8.C23H34O5.C4H8Br2.CH2O3.CH4.Ag.2K.HNO2.H/c28-18-8-9-19-33-27(32)13-7-2-1-6-12-23-24(26(31)20-25(23)30)17-16-22(29)15-14-21-10-4-3-5-11-21;29-22(15-14-21-10-4-3-5-11-21)16-17-24-23(25(30)20-26(24)31)12-6-1-2-7-13-27(32)35-18-8-9-19-36-28(33)34;24-18(13-12-17-8-4-3-5-9-17)14-15-20-19(21(25)16-22(20)26)10-6-1-2-7-11-23(27)28;5-3-1-2-4-6;2-1-4-3;;;;;2-1-3;/h1,3-6,10-11,22-26,29-31H,2,7-9,12-20H2;1,3-6,10-11,22-26,29-31H,2,7-9,12-20H2;1,3-6,8-9,18-22,24-26H,2,7,10-16H2,(H,27,28);1-4H2;1,3H;1H4;;;;(H,2,3);/q;;;;;;;2*+1;;-1/p-2/b3*6-1-;;;;;;;;/t2*22-,23+,24+,25-,26+;18-,19+,20+,21-,22+;;;;;;;;/m000......../s1. The number of carboxylic acids is 1. The number of aliphatic hydroxyl groups excluding tert-OH is 9. The fraction of sp³-hybridized carbons (Fsp3) is 0.663. The molecule has 114 heavy (non-hydrogen) atoms. The van der Waals surface area contributed by atoms with Gasteiger partial charge in [-0.1, -0.05) is 183 Å². The van der Waals surface area contributed by atoms with Crippen LogP contribution in [0.4, 0.5) is 0 Å². The normalized spacial score (nSPS) is 21.1. The summed E-state index contributed by atoms with van der Waals surface area (Å²) in [5.41, 5.74) is 3.63. The largest absolute Gasteiger partial charge is 1.00 e. The van der Waals surface area contributed by atoms with Crippen molar-refractivity contribution in [1.29, 1.82) is 0 Å². The molecule has 0 aromatic heterocycles. The maximum atomic E-state index is 11.7. The minimum absolute atomic E-state index is 0. The summed E-state index contributed by atoms with van der Waals surface area (Å²) in [6.45, 7) is 0.530. The third kappa shape index (κ3) is 61.7. The van der Waals surface area contributed by atoms with Crippen molar-refractivity contribution in [2.45, 2.75) is 274 Å². The van der Waals surface area contributed by atoms with Crippen molar-refractivity contribution >= 4 is 72.2 Å². The molecule has 25 nitrogen and oxygen atoms in total. The summed E-state index contributed by atoms with van der Waals surface area (Å²) in [7, 11) is 0. The Labute approximate surface area is 804 Å². The number of halogens is 3. The first kappa shape index (κ1) is 119. The van der Waals surface area contributed by atoms with E-state index in [0.29, 0.717) is 154 Å². The minimum Gasteiger partial charge on any atom is -1.00 e. The zero-order valence-corrected chi connectivity index (χ0v) is 78.5. The van der Waals surface area contributed by atoms with E-state index >= 15 is 0 Å². The molecule has 3 aliphatic carbocycles. The van der Waals surface area contributed by atoms with E-state index in [1.807, 2.05) is 78.9 Å². The summed E-state index contributed by atoms with van der Waals surface area (Å²) in [6.07, 6.45) is 29.9. The van der Waals surface area contributed by atoms with Gasteiger partial charge in [-0.3, -0.25) is 19.2 Å². The van der Waals surface area contributed by atoms with Gasteiger partial charge in [0.2, 0.25) is 0 Å². The number of benzene rings is 3. The maximum Gasteiger partial charge on any atom is 1.00 e. The number of rotatable bonds is 50. The number of nitrogens with zero attached hydrogens (tertiary/aromatic N) is 2. The van der Waals surface area contributed by atoms with Gasteiger partial charge in [0.15, 0.2) is 0 Å². The number of hydrogen-bond acceptors (Lipinski definition) is 23. The van der Waals surface area contributed by atoms with E-state index in [2.05, 4.69) is 106 Å². The monoisotopic (exact) mass is 1940 g/mol. The van der Waals surface area contributed by atoms with Crippen LogP contribution in [0.5, 0.6) is 0 Å². The molecule has 3 aromatic rings. The van der Waals surface area contributed by atoms with Gasteiger partial charge in [0.05, 0.1) is 74.8 Å². The summed E-state index contributed by atoms with van der Waals surface area (Å²) in [4.78, 5) is 67.4. The molecule has 3 aliphatic rings. The van der Waals surface area contributed by atoms with Crippen molar-refractivity contribution in [1.82, 2.24) is 0 Å². The Morgan fingerprint density at radius 2 is 0.754 bits per heavy atom. The van der Waals surface area contributed by atoms with E-state index in [1.54, 1.807) is 0 Å². The van der Waals surface area contributed by atoms with E-state index in [0.717, 1.165) is 66.3 Å². The fourth-order valence-electron chi connectivity index (χ4n) is 13.7. The van der Waals surface area contributed by atoms with Crippen LogP contribution in [0.25, 0.3) is 0 Å². The molecule has 645 valence electrons. The predicted molar refractivity (Wildman–Crippen MR) is 439 cm³/mol. The number of carbonyl (C=O) groups is 4. The molecule has 6 rings (SSSR count). The van der Waals surface area contributed by atoms with E-state index in [-0.39, 0.29) is 208 Å². The van der Waals surface area contributed by atoms with Crippen molar-refractivity contribution in [3.05, 3.63) is 164 Å². The molecule has 0 amide bonds. The average Bonchev–Trinajstić information content (AvgIpc) is 1.71. The van der Waals surface area contributed by atoms with Gasteiger partial charge in [-0.05, 0) is 245 Å². The van der Waals surface area contributed by atoms with Gasteiger partial charge in [0.1, 0.15) is 0 Å². The summed E-state index contributed by atoms with van der Waals surface area (Å²) in [5.74, 6) is -1.30. The van der Waals surface area contributed by atoms with Gasteiger partial charge in [-0.2, -0.15) is 0 Å². The van der Waals surface area contributed by atoms with Crippen LogP contribution in [0.3, 0.4) is 0 Å². The van der Waals surface area contributed by atoms with Gasteiger partial charge in [-0.15, -0.1) is 15.5 Å². The SMILES string of the molecule is BrCCCCBr.C.O=C(CCC/C=C\C[C@@H]1[C@@H](CC[C@@H](O)CCc2ccccc2)[C@H](O)C[C@@H]1O)OCCCCBr.O=C(CCC/C=C\C[C@@H]1[C@@H](CC[C@@H](O)CCc2ccccc2)[C@H](O)C[C@@H]1O)OCCCCO[N+](=O)[O-].O=C(O)CCC/C=C\C[C@@H]1[C@@H](CC[C@@H](O)CCc2ccccc2)[C@H](O)C[C@@H]1O.O=CO[O-].O=N[O-].[Ag].[H-].[K+].[K+]. The number of allylic oxidation sites excluding steroid dienone is 6. The quantitative estimate of drug-likeness (QED) is 0.00244. The third-order valence-corrected chi connectivity index (χ3v) is 21.4. The number of aryl methyl sites for hydroxylation is 3. The number of carboxylic acid groups (broad SMARTS) is 1. The summed E-state index contributed by atoms with van der Waals surface area (Å²) in [5, 5.41) is 132. The van der Waals surface area contributed by atoms with E-state index in [4.69, 9.17) is 34.7 Å². The van der Waals surface area contributed by atoms with E-state index < -0.39 is 66.0 Å². The number of unbranched alkanes of at least 4 members (excludes halogenated alkanes) is 6. The zero-order valence-electron chi connectivity index (χ0n) is 67.0. The molecule has 15 atom stereocenters. The molecule has 0 aliphatic heterocycles. The van der Waals surface area contributed by atoms with Crippen molar-refractivity contribution in [2.24, 2.45) is 40.8 Å². The van der Waals surface area contributed by atoms with Crippen LogP contribution in [0, 0.1) is 55.7 Å². The van der Waals surface area contributed by atoms with Gasteiger partial charge in [-0.25, -0.2) is 0 Å².